The Morgan fingerprint density at radius 1 is 1.53 bits per heavy atom. The number of methoxy groups -OCH3 is 1. The SMILES string of the molecule is CCOC(=O)c1cc(C#N)ccc1OC. The summed E-state index contributed by atoms with van der Waals surface area (Å²) in [5.74, 6) is -0.0705. The Labute approximate surface area is 88.0 Å². The van der Waals surface area contributed by atoms with Gasteiger partial charge in [0.15, 0.2) is 0 Å². The molecule has 4 heteroatoms. The maximum Gasteiger partial charge on any atom is 0.341 e. The lowest BCUT2D eigenvalue weighted by atomic mass is 10.1. The van der Waals surface area contributed by atoms with Gasteiger partial charge in [0, 0.05) is 0 Å². The first kappa shape index (κ1) is 11.1. The molecule has 0 fully saturated rings. The van der Waals surface area contributed by atoms with Crippen molar-refractivity contribution in [1.82, 2.24) is 0 Å². The van der Waals surface area contributed by atoms with Gasteiger partial charge in [0.1, 0.15) is 11.3 Å². The molecule has 0 amide bonds. The smallest absolute Gasteiger partial charge is 0.341 e. The summed E-state index contributed by atoms with van der Waals surface area (Å²) in [5.41, 5.74) is 0.678. The van der Waals surface area contributed by atoms with Crippen LogP contribution in [-0.2, 0) is 4.74 Å². The van der Waals surface area contributed by atoms with Crippen LogP contribution in [0.3, 0.4) is 0 Å². The molecule has 0 aliphatic heterocycles. The minimum absolute atomic E-state index is 0.276. The lowest BCUT2D eigenvalue weighted by Gasteiger charge is -2.07. The van der Waals surface area contributed by atoms with Crippen molar-refractivity contribution in [1.29, 1.82) is 5.26 Å². The van der Waals surface area contributed by atoms with E-state index >= 15 is 0 Å². The zero-order chi connectivity index (χ0) is 11.3. The Bertz CT molecular complexity index is 407. The molecule has 0 saturated carbocycles. The van der Waals surface area contributed by atoms with E-state index in [-0.39, 0.29) is 5.56 Å². The standard InChI is InChI=1S/C11H11NO3/c1-3-15-11(13)9-6-8(7-12)4-5-10(9)14-2/h4-6H,3H2,1-2H3. The molecule has 1 rings (SSSR count). The minimum atomic E-state index is -0.480. The van der Waals surface area contributed by atoms with Crippen molar-refractivity contribution in [2.24, 2.45) is 0 Å². The molecular weight excluding hydrogens is 194 g/mol. The van der Waals surface area contributed by atoms with Gasteiger partial charge >= 0.3 is 5.97 Å². The summed E-state index contributed by atoms with van der Waals surface area (Å²) < 4.78 is 9.84. The van der Waals surface area contributed by atoms with Crippen LogP contribution in [0.25, 0.3) is 0 Å². The van der Waals surface area contributed by atoms with Crippen molar-refractivity contribution in [3.05, 3.63) is 29.3 Å². The number of hydrogen-bond donors (Lipinski definition) is 0. The Morgan fingerprint density at radius 2 is 2.27 bits per heavy atom. The fourth-order valence-corrected chi connectivity index (χ4v) is 1.15. The van der Waals surface area contributed by atoms with E-state index in [9.17, 15) is 4.79 Å². The van der Waals surface area contributed by atoms with Gasteiger partial charge in [-0.15, -0.1) is 0 Å². The van der Waals surface area contributed by atoms with Gasteiger partial charge in [-0.25, -0.2) is 4.79 Å². The van der Waals surface area contributed by atoms with Crippen LogP contribution in [-0.4, -0.2) is 19.7 Å². The van der Waals surface area contributed by atoms with Crippen LogP contribution < -0.4 is 4.74 Å². The number of carbonyl (C=O) groups excluding carboxylic acids is 1. The maximum absolute atomic E-state index is 11.5. The van der Waals surface area contributed by atoms with E-state index in [2.05, 4.69) is 0 Å². The molecule has 78 valence electrons. The first-order valence-corrected chi connectivity index (χ1v) is 4.48. The van der Waals surface area contributed by atoms with Crippen molar-refractivity contribution >= 4 is 5.97 Å². The number of nitriles is 1. The number of benzene rings is 1. The quantitative estimate of drug-likeness (QED) is 0.705. The van der Waals surface area contributed by atoms with Crippen LogP contribution in [0, 0.1) is 11.3 Å². The number of rotatable bonds is 3. The molecule has 15 heavy (non-hydrogen) atoms. The monoisotopic (exact) mass is 205 g/mol. The van der Waals surface area contributed by atoms with Crippen molar-refractivity contribution in [3.8, 4) is 11.8 Å². The van der Waals surface area contributed by atoms with Gasteiger partial charge in [0.2, 0.25) is 0 Å². The molecule has 1 aromatic carbocycles. The highest BCUT2D eigenvalue weighted by atomic mass is 16.5. The number of esters is 1. The third-order valence-electron chi connectivity index (χ3n) is 1.82. The maximum atomic E-state index is 11.5. The highest BCUT2D eigenvalue weighted by molar-refractivity contribution is 5.93. The number of ether oxygens (including phenoxy) is 2. The third kappa shape index (κ3) is 2.47. The van der Waals surface area contributed by atoms with Crippen LogP contribution >= 0.6 is 0 Å². The highest BCUT2D eigenvalue weighted by Crippen LogP contribution is 2.20. The molecule has 0 aliphatic rings. The van der Waals surface area contributed by atoms with Gasteiger partial charge in [-0.3, -0.25) is 0 Å². The van der Waals surface area contributed by atoms with Crippen LogP contribution in [0.2, 0.25) is 0 Å². The molecule has 0 aliphatic carbocycles. The topological polar surface area (TPSA) is 59.3 Å². The lowest BCUT2D eigenvalue weighted by Crippen LogP contribution is -2.07. The predicted octanol–water partition coefficient (Wildman–Crippen LogP) is 1.74. The second kappa shape index (κ2) is 5.01. The first-order chi connectivity index (χ1) is 7.22. The second-order valence-corrected chi connectivity index (χ2v) is 2.75. The average Bonchev–Trinajstić information content (AvgIpc) is 2.28. The van der Waals surface area contributed by atoms with Crippen LogP contribution in [0.4, 0.5) is 0 Å². The Morgan fingerprint density at radius 3 is 2.80 bits per heavy atom. The summed E-state index contributed by atoms with van der Waals surface area (Å²) in [6.45, 7) is 2.01. The molecule has 0 spiro atoms. The average molecular weight is 205 g/mol. The van der Waals surface area contributed by atoms with E-state index in [0.29, 0.717) is 17.9 Å². The third-order valence-corrected chi connectivity index (χ3v) is 1.82. The van der Waals surface area contributed by atoms with Crippen LogP contribution in [0.5, 0.6) is 5.75 Å². The number of nitrogens with zero attached hydrogens (tertiary/aromatic N) is 1. The van der Waals surface area contributed by atoms with E-state index < -0.39 is 5.97 Å². The fraction of sp³-hybridized carbons (Fsp3) is 0.273. The van der Waals surface area contributed by atoms with Crippen LogP contribution in [0.1, 0.15) is 22.8 Å². The molecule has 0 aromatic heterocycles. The predicted molar refractivity (Wildman–Crippen MR) is 53.7 cm³/mol. The molecule has 1 aromatic rings. The van der Waals surface area contributed by atoms with Gasteiger partial charge < -0.3 is 9.47 Å². The van der Waals surface area contributed by atoms with E-state index in [1.54, 1.807) is 19.1 Å². The second-order valence-electron chi connectivity index (χ2n) is 2.75. The summed E-state index contributed by atoms with van der Waals surface area (Å²) >= 11 is 0. The van der Waals surface area contributed by atoms with Crippen molar-refractivity contribution in [3.63, 3.8) is 0 Å². The molecule has 0 saturated heterocycles. The normalized spacial score (nSPS) is 9.13. The summed E-state index contributed by atoms with van der Waals surface area (Å²) in [6, 6.07) is 6.57. The van der Waals surface area contributed by atoms with E-state index in [1.165, 1.54) is 13.2 Å². The largest absolute Gasteiger partial charge is 0.496 e. The van der Waals surface area contributed by atoms with Gasteiger partial charge in [-0.05, 0) is 25.1 Å². The molecule has 0 unspecified atom stereocenters. The molecule has 0 bridgehead atoms. The summed E-state index contributed by atoms with van der Waals surface area (Å²) in [7, 11) is 1.46. The summed E-state index contributed by atoms with van der Waals surface area (Å²) in [4.78, 5) is 11.5. The van der Waals surface area contributed by atoms with Gasteiger partial charge in [-0.2, -0.15) is 5.26 Å². The summed E-state index contributed by atoms with van der Waals surface area (Å²) in [6.07, 6.45) is 0. The Hall–Kier alpha value is -2.02. The number of carbonyl (C=O) groups is 1. The zero-order valence-corrected chi connectivity index (χ0v) is 8.61. The first-order valence-electron chi connectivity index (χ1n) is 4.48. The van der Waals surface area contributed by atoms with Gasteiger partial charge in [0.05, 0.1) is 25.3 Å². The van der Waals surface area contributed by atoms with Crippen LogP contribution in [0.15, 0.2) is 18.2 Å². The van der Waals surface area contributed by atoms with Crippen molar-refractivity contribution in [2.45, 2.75) is 6.92 Å². The van der Waals surface area contributed by atoms with Crippen molar-refractivity contribution < 1.29 is 14.3 Å². The summed E-state index contributed by atoms with van der Waals surface area (Å²) in [5, 5.41) is 8.69. The van der Waals surface area contributed by atoms with E-state index in [1.807, 2.05) is 6.07 Å². The minimum Gasteiger partial charge on any atom is -0.496 e. The molecule has 0 radical (unpaired) electrons. The number of hydrogen-bond acceptors (Lipinski definition) is 4. The van der Waals surface area contributed by atoms with Crippen molar-refractivity contribution in [2.75, 3.05) is 13.7 Å². The highest BCUT2D eigenvalue weighted by Gasteiger charge is 2.13. The molecular formula is C11H11NO3. The Kier molecular flexibility index (Phi) is 3.69. The van der Waals surface area contributed by atoms with Gasteiger partial charge in [-0.1, -0.05) is 0 Å². The van der Waals surface area contributed by atoms with Gasteiger partial charge in [0.25, 0.3) is 0 Å². The fourth-order valence-electron chi connectivity index (χ4n) is 1.15. The van der Waals surface area contributed by atoms with E-state index in [0.717, 1.165) is 0 Å². The zero-order valence-electron chi connectivity index (χ0n) is 8.61. The Balaban J connectivity index is 3.12. The molecule has 4 nitrogen and oxygen atoms in total. The molecule has 0 N–H and O–H groups in total. The lowest BCUT2D eigenvalue weighted by molar-refractivity contribution is 0.0522. The molecule has 0 heterocycles. The van der Waals surface area contributed by atoms with E-state index in [4.69, 9.17) is 14.7 Å². The molecule has 0 atom stereocenters.